The van der Waals surface area contributed by atoms with Crippen molar-refractivity contribution in [2.45, 2.75) is 57.8 Å². The van der Waals surface area contributed by atoms with Gasteiger partial charge in [0.15, 0.2) is 5.96 Å². The minimum atomic E-state index is -1.26. The minimum absolute atomic E-state index is 0.112. The molecule has 0 rings (SSSR count). The van der Waals surface area contributed by atoms with Gasteiger partial charge >= 0.3 is 5.97 Å². The SMILES string of the molecule is CC(N)C(=O)NC(C(=O)NC(CCCN=C(N)N)C(=O)NC(CS)C(=O)O)C(C)C. The summed E-state index contributed by atoms with van der Waals surface area (Å²) in [5, 5.41) is 16.6. The molecule has 0 saturated carbocycles. The lowest BCUT2D eigenvalue weighted by atomic mass is 10.0. The van der Waals surface area contributed by atoms with Crippen molar-refractivity contribution in [3.05, 3.63) is 0 Å². The zero-order valence-corrected chi connectivity index (χ0v) is 18.3. The van der Waals surface area contributed by atoms with Crippen LogP contribution in [-0.4, -0.2) is 71.2 Å². The summed E-state index contributed by atoms with van der Waals surface area (Å²) in [6.07, 6.45) is 0.479. The molecule has 0 aromatic heterocycles. The molecule has 4 unspecified atom stereocenters. The zero-order valence-electron chi connectivity index (χ0n) is 17.4. The van der Waals surface area contributed by atoms with E-state index in [2.05, 4.69) is 33.6 Å². The maximum absolute atomic E-state index is 12.7. The highest BCUT2D eigenvalue weighted by Gasteiger charge is 2.30. The monoisotopic (exact) mass is 447 g/mol. The maximum atomic E-state index is 12.7. The van der Waals surface area contributed by atoms with Gasteiger partial charge in [-0.3, -0.25) is 19.4 Å². The molecule has 0 aliphatic heterocycles. The Bertz CT molecular complexity index is 638. The van der Waals surface area contributed by atoms with E-state index in [4.69, 9.17) is 22.3 Å². The van der Waals surface area contributed by atoms with E-state index >= 15 is 0 Å². The Labute approximate surface area is 181 Å². The van der Waals surface area contributed by atoms with Gasteiger partial charge in [-0.25, -0.2) is 4.79 Å². The molecular formula is C17H33N7O5S. The van der Waals surface area contributed by atoms with Gasteiger partial charge in [-0.1, -0.05) is 13.8 Å². The first-order chi connectivity index (χ1) is 13.9. The summed E-state index contributed by atoms with van der Waals surface area (Å²) in [6.45, 7) is 5.14. The second-order valence-electron chi connectivity index (χ2n) is 7.11. The molecule has 0 heterocycles. The molecular weight excluding hydrogens is 414 g/mol. The molecule has 0 bridgehead atoms. The fourth-order valence-corrected chi connectivity index (χ4v) is 2.56. The summed E-state index contributed by atoms with van der Waals surface area (Å²) in [7, 11) is 0. The molecule has 0 saturated heterocycles. The second kappa shape index (κ2) is 13.6. The molecule has 0 aromatic carbocycles. The average Bonchev–Trinajstić information content (AvgIpc) is 2.64. The van der Waals surface area contributed by atoms with E-state index in [-0.39, 0.29) is 30.6 Å². The molecule has 12 nitrogen and oxygen atoms in total. The Morgan fingerprint density at radius 3 is 1.97 bits per heavy atom. The molecule has 172 valence electrons. The quantitative estimate of drug-likeness (QED) is 0.0652. The summed E-state index contributed by atoms with van der Waals surface area (Å²) in [4.78, 5) is 52.2. The lowest BCUT2D eigenvalue weighted by Gasteiger charge is -2.26. The van der Waals surface area contributed by atoms with E-state index in [1.54, 1.807) is 13.8 Å². The van der Waals surface area contributed by atoms with Crippen LogP contribution in [-0.2, 0) is 19.2 Å². The van der Waals surface area contributed by atoms with Gasteiger partial charge in [0.25, 0.3) is 0 Å². The molecule has 30 heavy (non-hydrogen) atoms. The van der Waals surface area contributed by atoms with Crippen molar-refractivity contribution in [3.8, 4) is 0 Å². The Morgan fingerprint density at radius 1 is 0.967 bits per heavy atom. The number of amides is 3. The summed E-state index contributed by atoms with van der Waals surface area (Å²) in [6, 6.07) is -4.04. The lowest BCUT2D eigenvalue weighted by molar-refractivity contribution is -0.141. The number of guanidine groups is 1. The van der Waals surface area contributed by atoms with Gasteiger partial charge in [-0.05, 0) is 25.7 Å². The van der Waals surface area contributed by atoms with Crippen LogP contribution < -0.4 is 33.2 Å². The van der Waals surface area contributed by atoms with Crippen molar-refractivity contribution in [2.75, 3.05) is 12.3 Å². The van der Waals surface area contributed by atoms with Crippen LogP contribution in [0.1, 0.15) is 33.6 Å². The van der Waals surface area contributed by atoms with E-state index in [1.807, 2.05) is 0 Å². The van der Waals surface area contributed by atoms with Gasteiger partial charge < -0.3 is 38.3 Å². The summed E-state index contributed by atoms with van der Waals surface area (Å²) >= 11 is 3.90. The van der Waals surface area contributed by atoms with Crippen LogP contribution in [0.3, 0.4) is 0 Å². The molecule has 0 aromatic rings. The third-order valence-corrected chi connectivity index (χ3v) is 4.40. The largest absolute Gasteiger partial charge is 0.480 e. The molecule has 10 N–H and O–H groups in total. The van der Waals surface area contributed by atoms with Crippen molar-refractivity contribution < 1.29 is 24.3 Å². The lowest BCUT2D eigenvalue weighted by Crippen LogP contribution is -2.58. The van der Waals surface area contributed by atoms with Crippen LogP contribution in [0, 0.1) is 5.92 Å². The number of carbonyl (C=O) groups excluding carboxylic acids is 3. The standard InChI is InChI=1S/C17H33N7O5S/c1-8(2)12(24-13(25)9(3)18)15(27)22-10(5-4-6-21-17(19)20)14(26)23-11(7-30)16(28)29/h8-12,30H,4-7,18H2,1-3H3,(H,22,27)(H,23,26)(H,24,25)(H,28,29)(H4,19,20,21). The number of hydrogen-bond donors (Lipinski definition) is 8. The van der Waals surface area contributed by atoms with Gasteiger partial charge in [-0.2, -0.15) is 12.6 Å². The first-order valence-corrected chi connectivity index (χ1v) is 10.1. The number of rotatable bonds is 13. The van der Waals surface area contributed by atoms with Crippen molar-refractivity contribution in [2.24, 2.45) is 28.1 Å². The number of nitrogens with one attached hydrogen (secondary N) is 3. The Balaban J connectivity index is 5.37. The predicted molar refractivity (Wildman–Crippen MR) is 116 cm³/mol. The molecule has 0 fully saturated rings. The van der Waals surface area contributed by atoms with E-state index < -0.39 is 47.9 Å². The van der Waals surface area contributed by atoms with E-state index in [0.29, 0.717) is 6.42 Å². The molecule has 0 aliphatic rings. The summed E-state index contributed by atoms with van der Waals surface area (Å²) in [5.41, 5.74) is 16.1. The van der Waals surface area contributed by atoms with Gasteiger partial charge in [0.05, 0.1) is 6.04 Å². The van der Waals surface area contributed by atoms with E-state index in [9.17, 15) is 19.2 Å². The number of carboxylic acid groups (broad SMARTS) is 1. The highest BCUT2D eigenvalue weighted by molar-refractivity contribution is 7.80. The van der Waals surface area contributed by atoms with Crippen LogP contribution in [0.4, 0.5) is 0 Å². The van der Waals surface area contributed by atoms with Crippen LogP contribution in [0.2, 0.25) is 0 Å². The summed E-state index contributed by atoms with van der Waals surface area (Å²) < 4.78 is 0. The normalized spacial score (nSPS) is 14.7. The number of aliphatic carboxylic acids is 1. The number of carboxylic acids is 1. The predicted octanol–water partition coefficient (Wildman–Crippen LogP) is -2.49. The van der Waals surface area contributed by atoms with Gasteiger partial charge in [0.1, 0.15) is 18.1 Å². The van der Waals surface area contributed by atoms with E-state index in [1.165, 1.54) is 6.92 Å². The van der Waals surface area contributed by atoms with Crippen LogP contribution in [0.15, 0.2) is 4.99 Å². The van der Waals surface area contributed by atoms with Gasteiger partial charge in [-0.15, -0.1) is 0 Å². The number of hydrogen-bond acceptors (Lipinski definition) is 7. The fourth-order valence-electron chi connectivity index (χ4n) is 2.31. The first-order valence-electron chi connectivity index (χ1n) is 9.46. The zero-order chi connectivity index (χ0) is 23.4. The van der Waals surface area contributed by atoms with Crippen LogP contribution >= 0.6 is 12.6 Å². The van der Waals surface area contributed by atoms with Crippen LogP contribution in [0.5, 0.6) is 0 Å². The second-order valence-corrected chi connectivity index (χ2v) is 7.48. The number of carbonyl (C=O) groups is 4. The Morgan fingerprint density at radius 2 is 1.53 bits per heavy atom. The topological polar surface area (TPSA) is 215 Å². The molecule has 13 heteroatoms. The number of aliphatic imine (C=N–C) groups is 1. The highest BCUT2D eigenvalue weighted by atomic mass is 32.1. The number of nitrogens with zero attached hydrogens (tertiary/aromatic N) is 1. The highest BCUT2D eigenvalue weighted by Crippen LogP contribution is 2.06. The van der Waals surface area contributed by atoms with E-state index in [0.717, 1.165) is 0 Å². The van der Waals surface area contributed by atoms with Crippen molar-refractivity contribution in [1.29, 1.82) is 0 Å². The van der Waals surface area contributed by atoms with Crippen molar-refractivity contribution in [1.82, 2.24) is 16.0 Å². The Hall–Kier alpha value is -2.54. The number of thiol groups is 1. The molecule has 0 aliphatic carbocycles. The molecule has 3 amide bonds. The average molecular weight is 448 g/mol. The third kappa shape index (κ3) is 10.3. The Kier molecular flexibility index (Phi) is 12.5. The van der Waals surface area contributed by atoms with Crippen molar-refractivity contribution >= 4 is 42.3 Å². The van der Waals surface area contributed by atoms with Gasteiger partial charge in [0, 0.05) is 12.3 Å². The number of nitrogens with two attached hydrogens (primary N) is 3. The smallest absolute Gasteiger partial charge is 0.327 e. The summed E-state index contributed by atoms with van der Waals surface area (Å²) in [5.74, 6) is -3.60. The molecule has 0 spiro atoms. The van der Waals surface area contributed by atoms with Crippen LogP contribution in [0.25, 0.3) is 0 Å². The van der Waals surface area contributed by atoms with Gasteiger partial charge in [0.2, 0.25) is 17.7 Å². The molecule has 4 atom stereocenters. The molecule has 0 radical (unpaired) electrons. The first kappa shape index (κ1) is 27.5. The maximum Gasteiger partial charge on any atom is 0.327 e. The minimum Gasteiger partial charge on any atom is -0.480 e. The fraction of sp³-hybridized carbons (Fsp3) is 0.706. The third-order valence-electron chi connectivity index (χ3n) is 4.04. The van der Waals surface area contributed by atoms with Crippen molar-refractivity contribution in [3.63, 3.8) is 0 Å².